The molecule has 0 unspecified atom stereocenters. The lowest BCUT2D eigenvalue weighted by molar-refractivity contribution is 0.662. The highest BCUT2D eigenvalue weighted by Gasteiger charge is 2.21. The van der Waals surface area contributed by atoms with Crippen LogP contribution in [0.4, 0.5) is 5.69 Å². The van der Waals surface area contributed by atoms with Crippen LogP contribution in [0.15, 0.2) is 47.8 Å². The normalized spacial score (nSPS) is 19.4. The van der Waals surface area contributed by atoms with E-state index >= 15 is 0 Å². The lowest BCUT2D eigenvalue weighted by atomic mass is 10.1. The van der Waals surface area contributed by atoms with Crippen molar-refractivity contribution in [1.82, 2.24) is 10.6 Å². The molecule has 0 spiro atoms. The van der Waals surface area contributed by atoms with Gasteiger partial charge < -0.3 is 10.2 Å². The highest BCUT2D eigenvalue weighted by Crippen LogP contribution is 2.25. The van der Waals surface area contributed by atoms with Crippen molar-refractivity contribution >= 4 is 5.69 Å². The SMILES string of the molecule is [c]1ccc(N2CNCC3=CNCC=C32)cc1. The predicted molar refractivity (Wildman–Crippen MR) is 64.8 cm³/mol. The molecule has 2 N–H and O–H groups in total. The summed E-state index contributed by atoms with van der Waals surface area (Å²) in [6.45, 7) is 2.72. The van der Waals surface area contributed by atoms with Crippen LogP contribution < -0.4 is 15.5 Å². The Bertz CT molecular complexity index is 434. The van der Waals surface area contributed by atoms with Crippen LogP contribution in [0.1, 0.15) is 0 Å². The maximum atomic E-state index is 3.40. The van der Waals surface area contributed by atoms with Crippen molar-refractivity contribution in [3.63, 3.8) is 0 Å². The van der Waals surface area contributed by atoms with Gasteiger partial charge in [-0.3, -0.25) is 5.32 Å². The molecule has 3 heteroatoms. The lowest BCUT2D eigenvalue weighted by Crippen LogP contribution is -2.43. The molecule has 1 saturated heterocycles. The third-order valence-corrected chi connectivity index (χ3v) is 2.91. The van der Waals surface area contributed by atoms with E-state index in [2.05, 4.69) is 46.0 Å². The number of rotatable bonds is 1. The molecular weight excluding hydrogens is 198 g/mol. The molecule has 0 amide bonds. The van der Waals surface area contributed by atoms with Crippen molar-refractivity contribution in [3.05, 3.63) is 53.9 Å². The van der Waals surface area contributed by atoms with Crippen LogP contribution in [0.5, 0.6) is 0 Å². The quantitative estimate of drug-likeness (QED) is 0.733. The van der Waals surface area contributed by atoms with Crippen LogP contribution in [0, 0.1) is 6.07 Å². The van der Waals surface area contributed by atoms with Crippen LogP contribution in [-0.4, -0.2) is 19.8 Å². The summed E-state index contributed by atoms with van der Waals surface area (Å²) >= 11 is 0. The van der Waals surface area contributed by atoms with E-state index < -0.39 is 0 Å². The van der Waals surface area contributed by atoms with E-state index in [4.69, 9.17) is 0 Å². The fourth-order valence-corrected chi connectivity index (χ4v) is 2.14. The molecule has 0 aliphatic carbocycles. The Balaban J connectivity index is 1.96. The van der Waals surface area contributed by atoms with Gasteiger partial charge in [0.15, 0.2) is 0 Å². The van der Waals surface area contributed by atoms with Gasteiger partial charge in [0, 0.05) is 36.2 Å². The van der Waals surface area contributed by atoms with E-state index in [-0.39, 0.29) is 0 Å². The van der Waals surface area contributed by atoms with E-state index in [1.54, 1.807) is 0 Å². The summed E-state index contributed by atoms with van der Waals surface area (Å²) in [5.74, 6) is 0. The molecule has 2 heterocycles. The molecule has 0 saturated carbocycles. The fraction of sp³-hybridized carbons (Fsp3) is 0.231. The van der Waals surface area contributed by atoms with Gasteiger partial charge in [0.25, 0.3) is 0 Å². The number of dihydropyridines is 1. The summed E-state index contributed by atoms with van der Waals surface area (Å²) in [6.07, 6.45) is 4.34. The lowest BCUT2D eigenvalue weighted by Gasteiger charge is -2.35. The summed E-state index contributed by atoms with van der Waals surface area (Å²) in [5, 5.41) is 6.64. The Labute approximate surface area is 95.5 Å². The van der Waals surface area contributed by atoms with Gasteiger partial charge >= 0.3 is 0 Å². The highest BCUT2D eigenvalue weighted by atomic mass is 15.3. The largest absolute Gasteiger partial charge is 0.387 e. The van der Waals surface area contributed by atoms with Crippen LogP contribution in [0.3, 0.4) is 0 Å². The molecule has 1 aromatic carbocycles. The van der Waals surface area contributed by atoms with E-state index in [0.717, 1.165) is 19.8 Å². The second kappa shape index (κ2) is 4.02. The molecule has 16 heavy (non-hydrogen) atoms. The first-order valence-corrected chi connectivity index (χ1v) is 5.52. The zero-order valence-corrected chi connectivity index (χ0v) is 9.03. The van der Waals surface area contributed by atoms with E-state index in [1.165, 1.54) is 17.0 Å². The minimum absolute atomic E-state index is 0.868. The molecule has 0 bridgehead atoms. The summed E-state index contributed by atoms with van der Waals surface area (Å²) in [6, 6.07) is 11.1. The van der Waals surface area contributed by atoms with Crippen molar-refractivity contribution in [2.45, 2.75) is 0 Å². The second-order valence-corrected chi connectivity index (χ2v) is 3.94. The monoisotopic (exact) mass is 212 g/mol. The highest BCUT2D eigenvalue weighted by molar-refractivity contribution is 5.58. The molecule has 1 aromatic rings. The Kier molecular flexibility index (Phi) is 2.38. The Morgan fingerprint density at radius 2 is 2.12 bits per heavy atom. The maximum absolute atomic E-state index is 3.40. The van der Waals surface area contributed by atoms with Crippen molar-refractivity contribution in [1.29, 1.82) is 0 Å². The summed E-state index contributed by atoms with van der Waals surface area (Å²) < 4.78 is 0. The Morgan fingerprint density at radius 3 is 3.00 bits per heavy atom. The first-order valence-electron chi connectivity index (χ1n) is 5.52. The van der Waals surface area contributed by atoms with Gasteiger partial charge in [-0.25, -0.2) is 0 Å². The van der Waals surface area contributed by atoms with Gasteiger partial charge in [0.05, 0.1) is 6.67 Å². The molecule has 3 nitrogen and oxygen atoms in total. The summed E-state index contributed by atoms with van der Waals surface area (Å²) in [4.78, 5) is 2.30. The molecule has 81 valence electrons. The van der Waals surface area contributed by atoms with Crippen LogP contribution in [-0.2, 0) is 0 Å². The Hall–Kier alpha value is -1.74. The standard InChI is InChI=1S/C13H14N3/c1-2-4-12(5-3-1)16-10-15-9-11-8-14-7-6-13(11)16/h2-6,8,14-15H,7,9-10H2. The van der Waals surface area contributed by atoms with Gasteiger partial charge in [0.1, 0.15) is 0 Å². The number of nitrogens with one attached hydrogen (secondary N) is 2. The zero-order valence-electron chi connectivity index (χ0n) is 9.03. The van der Waals surface area contributed by atoms with Gasteiger partial charge in [-0.1, -0.05) is 12.1 Å². The topological polar surface area (TPSA) is 27.3 Å². The van der Waals surface area contributed by atoms with Crippen LogP contribution >= 0.6 is 0 Å². The Morgan fingerprint density at radius 1 is 1.25 bits per heavy atom. The van der Waals surface area contributed by atoms with Crippen molar-refractivity contribution < 1.29 is 0 Å². The first-order chi connectivity index (χ1) is 7.95. The smallest absolute Gasteiger partial charge is 0.0734 e. The minimum Gasteiger partial charge on any atom is -0.387 e. The third-order valence-electron chi connectivity index (χ3n) is 2.91. The van der Waals surface area contributed by atoms with Crippen LogP contribution in [0.2, 0.25) is 0 Å². The molecule has 3 rings (SSSR count). The van der Waals surface area contributed by atoms with Gasteiger partial charge in [-0.2, -0.15) is 0 Å². The fourth-order valence-electron chi connectivity index (χ4n) is 2.14. The average Bonchev–Trinajstić information content (AvgIpc) is 2.39. The minimum atomic E-state index is 0.868. The second-order valence-electron chi connectivity index (χ2n) is 3.94. The van der Waals surface area contributed by atoms with Gasteiger partial charge in [-0.15, -0.1) is 0 Å². The number of hydrogen-bond donors (Lipinski definition) is 2. The number of hydrogen-bond acceptors (Lipinski definition) is 3. The van der Waals surface area contributed by atoms with Crippen molar-refractivity contribution in [2.75, 3.05) is 24.7 Å². The van der Waals surface area contributed by atoms with Gasteiger partial charge in [0.2, 0.25) is 0 Å². The summed E-state index contributed by atoms with van der Waals surface area (Å²) in [7, 11) is 0. The first kappa shape index (κ1) is 9.48. The average molecular weight is 212 g/mol. The van der Waals surface area contributed by atoms with E-state index in [1.807, 2.05) is 12.1 Å². The van der Waals surface area contributed by atoms with Crippen LogP contribution in [0.25, 0.3) is 0 Å². The number of fused-ring (bicyclic) bond motifs is 1. The van der Waals surface area contributed by atoms with E-state index in [0.29, 0.717) is 0 Å². The molecule has 1 radical (unpaired) electrons. The maximum Gasteiger partial charge on any atom is 0.0734 e. The number of benzene rings is 1. The molecule has 0 aromatic heterocycles. The molecule has 0 atom stereocenters. The third kappa shape index (κ3) is 1.59. The van der Waals surface area contributed by atoms with Crippen molar-refractivity contribution in [2.24, 2.45) is 0 Å². The predicted octanol–water partition coefficient (Wildman–Crippen LogP) is 1.22. The number of nitrogens with zero attached hydrogens (tertiary/aromatic N) is 1. The molecule has 1 fully saturated rings. The molecular formula is C13H14N3. The summed E-state index contributed by atoms with van der Waals surface area (Å²) in [5.41, 5.74) is 3.86. The zero-order chi connectivity index (χ0) is 10.8. The van der Waals surface area contributed by atoms with E-state index in [9.17, 15) is 0 Å². The molecule has 2 aliphatic heterocycles. The number of anilines is 1. The molecule has 2 aliphatic rings. The van der Waals surface area contributed by atoms with Gasteiger partial charge in [-0.05, 0) is 24.3 Å². The van der Waals surface area contributed by atoms with Crippen molar-refractivity contribution in [3.8, 4) is 0 Å².